The molecule has 0 saturated carbocycles. The van der Waals surface area contributed by atoms with Gasteiger partial charge in [0.15, 0.2) is 0 Å². The molecule has 0 unspecified atom stereocenters. The van der Waals surface area contributed by atoms with Crippen LogP contribution in [0.5, 0.6) is 0 Å². The SMILES string of the molecule is CNC(=O)CCCn1c(C(=O)O)cc2ccccc21. The number of fused-ring (bicyclic) bond motifs is 1. The fourth-order valence-corrected chi connectivity index (χ4v) is 2.15. The molecule has 5 heteroatoms. The zero-order valence-corrected chi connectivity index (χ0v) is 10.7. The Morgan fingerprint density at radius 3 is 2.74 bits per heavy atom. The minimum absolute atomic E-state index is 0.0339. The van der Waals surface area contributed by atoms with Gasteiger partial charge in [0.1, 0.15) is 5.69 Å². The molecule has 0 fully saturated rings. The number of carbonyl (C=O) groups is 2. The molecule has 0 bridgehead atoms. The fourth-order valence-electron chi connectivity index (χ4n) is 2.15. The van der Waals surface area contributed by atoms with Gasteiger partial charge in [-0.2, -0.15) is 0 Å². The Hall–Kier alpha value is -2.30. The van der Waals surface area contributed by atoms with Gasteiger partial charge >= 0.3 is 5.97 Å². The summed E-state index contributed by atoms with van der Waals surface area (Å²) in [6, 6.07) is 9.20. The van der Waals surface area contributed by atoms with Crippen molar-refractivity contribution < 1.29 is 14.7 Å². The van der Waals surface area contributed by atoms with Crippen LogP contribution in [-0.2, 0) is 11.3 Å². The first-order valence-electron chi connectivity index (χ1n) is 6.15. The highest BCUT2D eigenvalue weighted by Crippen LogP contribution is 2.20. The third-order valence-electron chi connectivity index (χ3n) is 3.09. The van der Waals surface area contributed by atoms with E-state index in [4.69, 9.17) is 0 Å². The van der Waals surface area contributed by atoms with E-state index in [9.17, 15) is 14.7 Å². The minimum atomic E-state index is -0.948. The second kappa shape index (κ2) is 5.56. The topological polar surface area (TPSA) is 71.3 Å². The highest BCUT2D eigenvalue weighted by atomic mass is 16.4. The maximum Gasteiger partial charge on any atom is 0.352 e. The third kappa shape index (κ3) is 2.76. The lowest BCUT2D eigenvalue weighted by Gasteiger charge is -2.07. The van der Waals surface area contributed by atoms with Crippen LogP contribution in [0.3, 0.4) is 0 Å². The number of nitrogens with zero attached hydrogens (tertiary/aromatic N) is 1. The molecule has 2 rings (SSSR count). The number of rotatable bonds is 5. The molecule has 0 radical (unpaired) electrons. The molecule has 1 aromatic carbocycles. The van der Waals surface area contributed by atoms with Crippen LogP contribution in [0.25, 0.3) is 10.9 Å². The highest BCUT2D eigenvalue weighted by molar-refractivity contribution is 5.94. The van der Waals surface area contributed by atoms with Crippen molar-refractivity contribution in [1.82, 2.24) is 9.88 Å². The Morgan fingerprint density at radius 2 is 2.05 bits per heavy atom. The summed E-state index contributed by atoms with van der Waals surface area (Å²) in [4.78, 5) is 22.4. The summed E-state index contributed by atoms with van der Waals surface area (Å²) in [5, 5.41) is 12.7. The van der Waals surface area contributed by atoms with Crippen LogP contribution in [0, 0.1) is 0 Å². The van der Waals surface area contributed by atoms with E-state index in [1.807, 2.05) is 24.3 Å². The van der Waals surface area contributed by atoms with Crippen molar-refractivity contribution in [2.24, 2.45) is 0 Å². The summed E-state index contributed by atoms with van der Waals surface area (Å²) >= 11 is 0. The van der Waals surface area contributed by atoms with E-state index in [-0.39, 0.29) is 11.6 Å². The molecule has 0 aliphatic heterocycles. The number of carbonyl (C=O) groups excluding carboxylic acids is 1. The van der Waals surface area contributed by atoms with Gasteiger partial charge in [-0.3, -0.25) is 4.79 Å². The monoisotopic (exact) mass is 260 g/mol. The van der Waals surface area contributed by atoms with Crippen LogP contribution in [-0.4, -0.2) is 28.6 Å². The van der Waals surface area contributed by atoms with Gasteiger partial charge in [0, 0.05) is 30.9 Å². The van der Waals surface area contributed by atoms with E-state index < -0.39 is 5.97 Å². The van der Waals surface area contributed by atoms with E-state index in [1.165, 1.54) is 0 Å². The third-order valence-corrected chi connectivity index (χ3v) is 3.09. The summed E-state index contributed by atoms with van der Waals surface area (Å²) in [5.41, 5.74) is 1.15. The van der Waals surface area contributed by atoms with Crippen LogP contribution in [0.15, 0.2) is 30.3 Å². The van der Waals surface area contributed by atoms with Gasteiger partial charge in [-0.1, -0.05) is 18.2 Å². The van der Waals surface area contributed by atoms with Crippen LogP contribution < -0.4 is 5.32 Å². The van der Waals surface area contributed by atoms with Gasteiger partial charge in [0.05, 0.1) is 0 Å². The van der Waals surface area contributed by atoms with Crippen molar-refractivity contribution in [2.75, 3.05) is 7.05 Å². The predicted molar refractivity (Wildman–Crippen MR) is 72.2 cm³/mol. The van der Waals surface area contributed by atoms with E-state index in [1.54, 1.807) is 17.7 Å². The molecule has 100 valence electrons. The lowest BCUT2D eigenvalue weighted by molar-refractivity contribution is -0.120. The molecule has 1 aromatic heterocycles. The number of para-hydroxylation sites is 1. The van der Waals surface area contributed by atoms with Crippen LogP contribution in [0.2, 0.25) is 0 Å². The van der Waals surface area contributed by atoms with E-state index in [2.05, 4.69) is 5.32 Å². The number of aromatic carboxylic acids is 1. The van der Waals surface area contributed by atoms with Gasteiger partial charge in [0.2, 0.25) is 5.91 Å². The summed E-state index contributed by atoms with van der Waals surface area (Å²) < 4.78 is 1.75. The number of carboxylic acids is 1. The number of aryl methyl sites for hydroxylation is 1. The quantitative estimate of drug-likeness (QED) is 0.862. The maximum atomic E-state index is 11.2. The maximum absolute atomic E-state index is 11.2. The van der Waals surface area contributed by atoms with Crippen molar-refractivity contribution >= 4 is 22.8 Å². The van der Waals surface area contributed by atoms with Gasteiger partial charge in [-0.25, -0.2) is 4.79 Å². The van der Waals surface area contributed by atoms with Crippen LogP contribution >= 0.6 is 0 Å². The standard InChI is InChI=1S/C14H16N2O3/c1-15-13(17)7-4-8-16-11-6-3-2-5-10(11)9-12(16)14(18)19/h2-3,5-6,9H,4,7-8H2,1H3,(H,15,17)(H,18,19). The Bertz CT molecular complexity index is 616. The number of nitrogens with one attached hydrogen (secondary N) is 1. The number of hydrogen-bond donors (Lipinski definition) is 2. The first kappa shape index (κ1) is 13.1. The molecule has 0 aliphatic carbocycles. The molecule has 0 spiro atoms. The molecule has 1 heterocycles. The lowest BCUT2D eigenvalue weighted by atomic mass is 10.2. The second-order valence-corrected chi connectivity index (χ2v) is 4.32. The number of hydrogen-bond acceptors (Lipinski definition) is 2. The largest absolute Gasteiger partial charge is 0.477 e. The molecule has 0 atom stereocenters. The van der Waals surface area contributed by atoms with Gasteiger partial charge < -0.3 is 15.0 Å². The Kier molecular flexibility index (Phi) is 3.85. The van der Waals surface area contributed by atoms with Crippen LogP contribution in [0.1, 0.15) is 23.3 Å². The van der Waals surface area contributed by atoms with E-state index >= 15 is 0 Å². The summed E-state index contributed by atoms with van der Waals surface area (Å²) in [6.45, 7) is 0.516. The Labute approximate surface area is 110 Å². The zero-order valence-electron chi connectivity index (χ0n) is 10.7. The molecule has 19 heavy (non-hydrogen) atoms. The summed E-state index contributed by atoms with van der Waals surface area (Å²) in [7, 11) is 1.59. The average molecular weight is 260 g/mol. The first-order valence-corrected chi connectivity index (χ1v) is 6.15. The van der Waals surface area contributed by atoms with Crippen molar-refractivity contribution in [3.8, 4) is 0 Å². The molecule has 0 aliphatic rings. The predicted octanol–water partition coefficient (Wildman–Crippen LogP) is 1.87. The number of carboxylic acid groups (broad SMARTS) is 1. The van der Waals surface area contributed by atoms with Crippen molar-refractivity contribution in [1.29, 1.82) is 0 Å². The smallest absolute Gasteiger partial charge is 0.352 e. The van der Waals surface area contributed by atoms with E-state index in [0.717, 1.165) is 10.9 Å². The minimum Gasteiger partial charge on any atom is -0.477 e. The molecule has 2 aromatic rings. The first-order chi connectivity index (χ1) is 9.13. The normalized spacial score (nSPS) is 10.6. The molecule has 5 nitrogen and oxygen atoms in total. The second-order valence-electron chi connectivity index (χ2n) is 4.32. The van der Waals surface area contributed by atoms with Crippen molar-refractivity contribution in [3.63, 3.8) is 0 Å². The molecule has 1 amide bonds. The Morgan fingerprint density at radius 1 is 1.32 bits per heavy atom. The van der Waals surface area contributed by atoms with Gasteiger partial charge in [-0.15, -0.1) is 0 Å². The lowest BCUT2D eigenvalue weighted by Crippen LogP contribution is -2.18. The molecular weight excluding hydrogens is 244 g/mol. The zero-order chi connectivity index (χ0) is 13.8. The molecule has 0 saturated heterocycles. The van der Waals surface area contributed by atoms with E-state index in [0.29, 0.717) is 19.4 Å². The van der Waals surface area contributed by atoms with Crippen molar-refractivity contribution in [3.05, 3.63) is 36.0 Å². The van der Waals surface area contributed by atoms with Crippen molar-refractivity contribution in [2.45, 2.75) is 19.4 Å². The fraction of sp³-hybridized carbons (Fsp3) is 0.286. The number of aromatic nitrogens is 1. The Balaban J connectivity index is 2.26. The number of benzene rings is 1. The number of amides is 1. The van der Waals surface area contributed by atoms with Gasteiger partial charge in [0.25, 0.3) is 0 Å². The van der Waals surface area contributed by atoms with Gasteiger partial charge in [-0.05, 0) is 18.6 Å². The molecular formula is C14H16N2O3. The average Bonchev–Trinajstić information content (AvgIpc) is 2.78. The van der Waals surface area contributed by atoms with Crippen LogP contribution in [0.4, 0.5) is 0 Å². The highest BCUT2D eigenvalue weighted by Gasteiger charge is 2.14. The molecule has 2 N–H and O–H groups in total. The summed E-state index contributed by atoms with van der Waals surface area (Å²) in [5.74, 6) is -0.982. The summed E-state index contributed by atoms with van der Waals surface area (Å²) in [6.07, 6.45) is 1.00.